The average Bonchev–Trinajstić information content (AvgIpc) is 2.97. The van der Waals surface area contributed by atoms with Gasteiger partial charge in [0.2, 0.25) is 0 Å². The molecule has 2 heterocycles. The highest BCUT2D eigenvalue weighted by Gasteiger charge is 2.28. The lowest BCUT2D eigenvalue weighted by Crippen LogP contribution is -2.35. The highest BCUT2D eigenvalue weighted by Crippen LogP contribution is 2.30. The largest absolute Gasteiger partial charge is 0.257 e. The highest BCUT2D eigenvalue weighted by atomic mass is 35.5. The van der Waals surface area contributed by atoms with Crippen molar-refractivity contribution in [1.29, 1.82) is 5.26 Å². The van der Waals surface area contributed by atoms with Crippen LogP contribution in [0.1, 0.15) is 12.2 Å². The van der Waals surface area contributed by atoms with E-state index in [0.29, 0.717) is 16.6 Å². The summed E-state index contributed by atoms with van der Waals surface area (Å²) in [5.74, 6) is 1.21. The van der Waals surface area contributed by atoms with Gasteiger partial charge in [-0.1, -0.05) is 23.2 Å². The number of halogens is 2. The Bertz CT molecular complexity index is 683. The lowest BCUT2D eigenvalue weighted by atomic mass is 10.1. The van der Waals surface area contributed by atoms with Crippen molar-refractivity contribution in [2.45, 2.75) is 25.9 Å². The first-order valence-electron chi connectivity index (χ1n) is 6.15. The summed E-state index contributed by atoms with van der Waals surface area (Å²) in [5.41, 5.74) is 2.13. The minimum absolute atomic E-state index is 0.386. The van der Waals surface area contributed by atoms with Crippen molar-refractivity contribution < 1.29 is 4.57 Å². The third-order valence-corrected chi connectivity index (χ3v) is 4.19. The smallest absolute Gasteiger partial charge is 0.227 e. The number of benzene rings is 1. The van der Waals surface area contributed by atoms with Crippen molar-refractivity contribution in [3.05, 3.63) is 40.3 Å². The van der Waals surface area contributed by atoms with E-state index in [2.05, 4.69) is 10.6 Å². The second-order valence-electron chi connectivity index (χ2n) is 4.60. The molecule has 19 heavy (non-hydrogen) atoms. The van der Waals surface area contributed by atoms with Crippen LogP contribution in [0.15, 0.2) is 24.4 Å². The van der Waals surface area contributed by atoms with Crippen molar-refractivity contribution in [3.8, 4) is 17.3 Å². The molecule has 0 fully saturated rings. The summed E-state index contributed by atoms with van der Waals surface area (Å²) in [5, 5.41) is 10.0. The molecule has 2 aromatic rings. The molecule has 0 amide bonds. The lowest BCUT2D eigenvalue weighted by molar-refractivity contribution is -0.691. The first kappa shape index (κ1) is 12.5. The van der Waals surface area contributed by atoms with Crippen molar-refractivity contribution >= 4 is 23.2 Å². The second kappa shape index (κ2) is 4.88. The molecule has 3 nitrogen and oxygen atoms in total. The van der Waals surface area contributed by atoms with Gasteiger partial charge in [-0.2, -0.15) is 5.26 Å². The summed E-state index contributed by atoms with van der Waals surface area (Å²) in [6.07, 6.45) is 4.16. The van der Waals surface area contributed by atoms with Gasteiger partial charge in [0.25, 0.3) is 5.82 Å². The van der Waals surface area contributed by atoms with Gasteiger partial charge in [0.1, 0.15) is 12.3 Å². The maximum absolute atomic E-state index is 8.89. The van der Waals surface area contributed by atoms with Crippen LogP contribution in [0.5, 0.6) is 0 Å². The summed E-state index contributed by atoms with van der Waals surface area (Å²) in [6, 6.07) is 7.85. The summed E-state index contributed by atoms with van der Waals surface area (Å²) >= 11 is 12.0. The van der Waals surface area contributed by atoms with Crippen LogP contribution in [0, 0.1) is 11.3 Å². The number of aromatic nitrogens is 2. The molecule has 1 aromatic heterocycles. The van der Waals surface area contributed by atoms with Gasteiger partial charge in [0, 0.05) is 5.56 Å². The summed E-state index contributed by atoms with van der Waals surface area (Å²) in [6.45, 7) is 1.37. The van der Waals surface area contributed by atoms with E-state index in [1.165, 1.54) is 5.82 Å². The third kappa shape index (κ3) is 2.11. The minimum Gasteiger partial charge on any atom is -0.227 e. The van der Waals surface area contributed by atoms with Gasteiger partial charge < -0.3 is 0 Å². The van der Waals surface area contributed by atoms with Gasteiger partial charge in [-0.15, -0.1) is 0 Å². The molecule has 0 radical (unpaired) electrons. The molecule has 1 aliphatic heterocycles. The van der Waals surface area contributed by atoms with Gasteiger partial charge in [0.15, 0.2) is 12.2 Å². The first-order chi connectivity index (χ1) is 9.20. The number of nitriles is 1. The molecule has 0 N–H and O–H groups in total. The number of hydrogen-bond donors (Lipinski definition) is 0. The van der Waals surface area contributed by atoms with Crippen LogP contribution in [0.4, 0.5) is 0 Å². The molecule has 5 heteroatoms. The Hall–Kier alpha value is -1.50. The molecule has 1 aliphatic rings. The fourth-order valence-corrected chi connectivity index (χ4v) is 2.91. The van der Waals surface area contributed by atoms with Crippen molar-refractivity contribution in [3.63, 3.8) is 0 Å². The molecule has 0 aliphatic carbocycles. The van der Waals surface area contributed by atoms with Crippen LogP contribution >= 0.6 is 23.2 Å². The van der Waals surface area contributed by atoms with E-state index in [9.17, 15) is 0 Å². The molecule has 1 aromatic carbocycles. The quantitative estimate of drug-likeness (QED) is 0.782. The first-order valence-corrected chi connectivity index (χ1v) is 6.90. The van der Waals surface area contributed by atoms with Gasteiger partial charge in [-0.25, -0.2) is 9.13 Å². The van der Waals surface area contributed by atoms with Crippen molar-refractivity contribution in [2.24, 2.45) is 0 Å². The standard InChI is InChI=1S/C14H12Cl2N3/c15-11-4-3-10(8-12(11)16)13-9-18(7-5-17)14-2-1-6-19(13)14/h3-4,8-9H,1-2,6-7H2/q+1. The zero-order chi connectivity index (χ0) is 13.4. The summed E-state index contributed by atoms with van der Waals surface area (Å²) < 4.78 is 4.28. The zero-order valence-corrected chi connectivity index (χ0v) is 11.7. The monoisotopic (exact) mass is 292 g/mol. The molecule has 0 atom stereocenters. The molecular weight excluding hydrogens is 281 g/mol. The molecule has 0 bridgehead atoms. The van der Waals surface area contributed by atoms with E-state index in [1.807, 2.05) is 29.0 Å². The fourth-order valence-electron chi connectivity index (χ4n) is 2.61. The van der Waals surface area contributed by atoms with Gasteiger partial charge in [-0.3, -0.25) is 0 Å². The van der Waals surface area contributed by atoms with Crippen LogP contribution in [-0.4, -0.2) is 4.57 Å². The Morgan fingerprint density at radius 3 is 2.89 bits per heavy atom. The van der Waals surface area contributed by atoms with Crippen LogP contribution < -0.4 is 4.57 Å². The predicted octanol–water partition coefficient (Wildman–Crippen LogP) is 3.22. The average molecular weight is 293 g/mol. The van der Waals surface area contributed by atoms with E-state index in [0.717, 1.165) is 30.6 Å². The number of fused-ring (bicyclic) bond motifs is 1. The molecule has 0 spiro atoms. The van der Waals surface area contributed by atoms with Gasteiger partial charge >= 0.3 is 0 Å². The van der Waals surface area contributed by atoms with E-state index < -0.39 is 0 Å². The predicted molar refractivity (Wildman–Crippen MR) is 74.0 cm³/mol. The number of imidazole rings is 1. The zero-order valence-electron chi connectivity index (χ0n) is 10.2. The Labute approximate surface area is 121 Å². The maximum atomic E-state index is 8.89. The summed E-state index contributed by atoms with van der Waals surface area (Å²) in [4.78, 5) is 0. The normalized spacial score (nSPS) is 13.3. The molecule has 0 saturated carbocycles. The molecular formula is C14H12Cl2N3+. The Kier molecular flexibility index (Phi) is 3.22. The van der Waals surface area contributed by atoms with Crippen molar-refractivity contribution in [2.75, 3.05) is 0 Å². The number of nitrogens with zero attached hydrogens (tertiary/aromatic N) is 3. The molecule has 0 saturated heterocycles. The Morgan fingerprint density at radius 2 is 2.16 bits per heavy atom. The van der Waals surface area contributed by atoms with Crippen LogP contribution in [0.2, 0.25) is 10.0 Å². The van der Waals surface area contributed by atoms with Gasteiger partial charge in [0.05, 0.1) is 23.0 Å². The van der Waals surface area contributed by atoms with E-state index >= 15 is 0 Å². The van der Waals surface area contributed by atoms with Gasteiger partial charge in [-0.05, 0) is 24.6 Å². The lowest BCUT2D eigenvalue weighted by Gasteiger charge is -2.01. The van der Waals surface area contributed by atoms with Crippen LogP contribution in [-0.2, 0) is 19.5 Å². The molecule has 96 valence electrons. The fraction of sp³-hybridized carbons (Fsp3) is 0.286. The topological polar surface area (TPSA) is 32.6 Å². The van der Waals surface area contributed by atoms with Crippen molar-refractivity contribution in [1.82, 2.24) is 4.57 Å². The van der Waals surface area contributed by atoms with E-state index in [1.54, 1.807) is 0 Å². The van der Waals surface area contributed by atoms with Crippen LogP contribution in [0.3, 0.4) is 0 Å². The Morgan fingerprint density at radius 1 is 1.32 bits per heavy atom. The third-order valence-electron chi connectivity index (χ3n) is 3.45. The highest BCUT2D eigenvalue weighted by molar-refractivity contribution is 6.42. The SMILES string of the molecule is N#CC[n+]1cc(-c2ccc(Cl)c(Cl)c2)n2c1CCC2. The minimum atomic E-state index is 0.386. The van der Waals surface area contributed by atoms with Crippen LogP contribution in [0.25, 0.3) is 11.3 Å². The van der Waals surface area contributed by atoms with E-state index in [-0.39, 0.29) is 0 Å². The number of rotatable bonds is 2. The molecule has 0 unspecified atom stereocenters. The molecule has 3 rings (SSSR count). The maximum Gasteiger partial charge on any atom is 0.257 e. The van der Waals surface area contributed by atoms with E-state index in [4.69, 9.17) is 28.5 Å². The second-order valence-corrected chi connectivity index (χ2v) is 5.42. The number of hydrogen-bond acceptors (Lipinski definition) is 1. The summed E-state index contributed by atoms with van der Waals surface area (Å²) in [7, 11) is 0. The Balaban J connectivity index is 2.13.